The smallest absolute Gasteiger partial charge is 0.338 e. The Morgan fingerprint density at radius 2 is 1.73 bits per heavy atom. The lowest BCUT2D eigenvalue weighted by atomic mass is 9.90. The van der Waals surface area contributed by atoms with Gasteiger partial charge in [-0.15, -0.1) is 0 Å². The molecule has 4 rings (SSSR count). The zero-order valence-electron chi connectivity index (χ0n) is 18.8. The Labute approximate surface area is 195 Å². The SMILES string of the molecule is CC(OC(=O)c1cccc(S(=O)(=O)NC2CC2)c1)C(=O)N1CCC(Cc2ccccc2)CC1. The minimum atomic E-state index is -3.68. The molecular weight excluding hydrogens is 440 g/mol. The van der Waals surface area contributed by atoms with Crippen molar-refractivity contribution in [3.63, 3.8) is 0 Å². The maximum Gasteiger partial charge on any atom is 0.338 e. The third-order valence-electron chi connectivity index (χ3n) is 6.20. The van der Waals surface area contributed by atoms with Crippen molar-refractivity contribution in [1.29, 1.82) is 0 Å². The molecule has 1 saturated carbocycles. The van der Waals surface area contributed by atoms with E-state index in [1.807, 2.05) is 18.2 Å². The Bertz CT molecular complexity index is 1090. The first-order valence-corrected chi connectivity index (χ1v) is 13.0. The zero-order chi connectivity index (χ0) is 23.4. The van der Waals surface area contributed by atoms with Gasteiger partial charge in [-0.1, -0.05) is 36.4 Å². The summed E-state index contributed by atoms with van der Waals surface area (Å²) in [5.41, 5.74) is 1.41. The molecule has 1 aliphatic heterocycles. The standard InChI is InChI=1S/C25H30N2O5S/c1-18(24(28)27-14-12-20(13-15-27)16-19-6-3-2-4-7-19)32-25(29)21-8-5-9-23(17-21)33(30,31)26-22-10-11-22/h2-9,17-18,20,22,26H,10-16H2,1H3. The lowest BCUT2D eigenvalue weighted by Gasteiger charge is -2.33. The van der Waals surface area contributed by atoms with Crippen molar-refractivity contribution >= 4 is 21.9 Å². The highest BCUT2D eigenvalue weighted by atomic mass is 32.2. The molecule has 33 heavy (non-hydrogen) atoms. The number of sulfonamides is 1. The summed E-state index contributed by atoms with van der Waals surface area (Å²) in [6.45, 7) is 2.84. The van der Waals surface area contributed by atoms with Crippen molar-refractivity contribution in [3.8, 4) is 0 Å². The fraction of sp³-hybridized carbons (Fsp3) is 0.440. The number of benzene rings is 2. The molecule has 0 aromatic heterocycles. The second-order valence-electron chi connectivity index (χ2n) is 8.93. The van der Waals surface area contributed by atoms with Crippen LogP contribution in [-0.4, -0.2) is 50.4 Å². The van der Waals surface area contributed by atoms with Crippen LogP contribution >= 0.6 is 0 Å². The number of esters is 1. The topological polar surface area (TPSA) is 92.8 Å². The summed E-state index contributed by atoms with van der Waals surface area (Å²) in [6.07, 6.45) is 3.54. The largest absolute Gasteiger partial charge is 0.449 e. The van der Waals surface area contributed by atoms with Gasteiger partial charge in [0.05, 0.1) is 10.5 Å². The molecule has 0 radical (unpaired) electrons. The number of carbonyl (C=O) groups is 2. The van der Waals surface area contributed by atoms with Crippen molar-refractivity contribution in [2.75, 3.05) is 13.1 Å². The number of nitrogens with zero attached hydrogens (tertiary/aromatic N) is 1. The van der Waals surface area contributed by atoms with Gasteiger partial charge in [0.15, 0.2) is 6.10 Å². The summed E-state index contributed by atoms with van der Waals surface area (Å²) >= 11 is 0. The predicted octanol–water partition coefficient (Wildman–Crippen LogP) is 3.15. The fourth-order valence-electron chi connectivity index (χ4n) is 4.12. The first-order chi connectivity index (χ1) is 15.8. The monoisotopic (exact) mass is 470 g/mol. The second-order valence-corrected chi connectivity index (χ2v) is 10.6. The van der Waals surface area contributed by atoms with Crippen LogP contribution in [0.1, 0.15) is 48.5 Å². The molecule has 1 saturated heterocycles. The molecule has 0 bridgehead atoms. The van der Waals surface area contributed by atoms with Crippen LogP contribution in [0.5, 0.6) is 0 Å². The van der Waals surface area contributed by atoms with E-state index < -0.39 is 22.1 Å². The molecule has 0 spiro atoms. The van der Waals surface area contributed by atoms with Gasteiger partial charge >= 0.3 is 5.97 Å². The van der Waals surface area contributed by atoms with E-state index in [9.17, 15) is 18.0 Å². The summed E-state index contributed by atoms with van der Waals surface area (Å²) in [5, 5.41) is 0. The number of nitrogens with one attached hydrogen (secondary N) is 1. The third kappa shape index (κ3) is 6.21. The number of ether oxygens (including phenoxy) is 1. The average molecular weight is 471 g/mol. The average Bonchev–Trinajstić information content (AvgIpc) is 3.63. The van der Waals surface area contributed by atoms with Gasteiger partial charge in [0.1, 0.15) is 0 Å². The zero-order valence-corrected chi connectivity index (χ0v) is 19.6. The third-order valence-corrected chi connectivity index (χ3v) is 7.72. The predicted molar refractivity (Wildman–Crippen MR) is 124 cm³/mol. The Morgan fingerprint density at radius 3 is 2.39 bits per heavy atom. The number of hydrogen-bond acceptors (Lipinski definition) is 5. The summed E-state index contributed by atoms with van der Waals surface area (Å²) in [7, 11) is -3.68. The summed E-state index contributed by atoms with van der Waals surface area (Å²) < 4.78 is 32.8. The van der Waals surface area contributed by atoms with Crippen molar-refractivity contribution in [3.05, 3.63) is 65.7 Å². The molecule has 2 aromatic carbocycles. The Morgan fingerprint density at radius 1 is 1.03 bits per heavy atom. The molecular formula is C25H30N2O5S. The van der Waals surface area contributed by atoms with E-state index in [0.717, 1.165) is 32.1 Å². The second kappa shape index (κ2) is 10.1. The number of likely N-dealkylation sites (tertiary alicyclic amines) is 1. The number of piperidine rings is 1. The molecule has 7 nitrogen and oxygen atoms in total. The van der Waals surface area contributed by atoms with Crippen LogP contribution < -0.4 is 4.72 Å². The lowest BCUT2D eigenvalue weighted by molar-refractivity contribution is -0.141. The van der Waals surface area contributed by atoms with Gasteiger partial charge < -0.3 is 9.64 Å². The van der Waals surface area contributed by atoms with E-state index >= 15 is 0 Å². The minimum Gasteiger partial charge on any atom is -0.449 e. The minimum absolute atomic E-state index is 0.0170. The van der Waals surface area contributed by atoms with Crippen molar-refractivity contribution < 1.29 is 22.7 Å². The van der Waals surface area contributed by atoms with Gasteiger partial charge in [0.25, 0.3) is 5.91 Å². The number of rotatable bonds is 8. The molecule has 2 aliphatic rings. The van der Waals surface area contributed by atoms with Gasteiger partial charge in [0.2, 0.25) is 10.0 Å². The molecule has 2 aromatic rings. The summed E-state index contributed by atoms with van der Waals surface area (Å²) in [5.74, 6) is -0.401. The molecule has 1 heterocycles. The number of amides is 1. The van der Waals surface area contributed by atoms with Crippen LogP contribution in [0.15, 0.2) is 59.5 Å². The molecule has 1 atom stereocenters. The highest BCUT2D eigenvalue weighted by Crippen LogP contribution is 2.24. The fourth-order valence-corrected chi connectivity index (χ4v) is 5.47. The summed E-state index contributed by atoms with van der Waals surface area (Å²) in [4.78, 5) is 27.2. The molecule has 1 aliphatic carbocycles. The van der Waals surface area contributed by atoms with E-state index in [-0.39, 0.29) is 22.4 Å². The molecule has 176 valence electrons. The van der Waals surface area contributed by atoms with Crippen LogP contribution in [0, 0.1) is 5.92 Å². The van der Waals surface area contributed by atoms with Crippen molar-refractivity contribution in [1.82, 2.24) is 9.62 Å². The van der Waals surface area contributed by atoms with E-state index in [4.69, 9.17) is 4.74 Å². The van der Waals surface area contributed by atoms with Crippen LogP contribution in [0.4, 0.5) is 0 Å². The molecule has 2 fully saturated rings. The van der Waals surface area contributed by atoms with Gasteiger partial charge in [-0.2, -0.15) is 0 Å². The van der Waals surface area contributed by atoms with Gasteiger partial charge in [-0.25, -0.2) is 17.9 Å². The molecule has 1 N–H and O–H groups in total. The maximum absolute atomic E-state index is 12.8. The van der Waals surface area contributed by atoms with Crippen LogP contribution in [0.2, 0.25) is 0 Å². The van der Waals surface area contributed by atoms with Crippen LogP contribution in [-0.2, 0) is 26.0 Å². The van der Waals surface area contributed by atoms with E-state index in [2.05, 4.69) is 16.9 Å². The highest BCUT2D eigenvalue weighted by Gasteiger charge is 2.30. The van der Waals surface area contributed by atoms with E-state index in [1.165, 1.54) is 29.8 Å². The van der Waals surface area contributed by atoms with Crippen LogP contribution in [0.25, 0.3) is 0 Å². The normalized spacial score (nSPS) is 18.0. The number of hydrogen-bond donors (Lipinski definition) is 1. The molecule has 1 unspecified atom stereocenters. The van der Waals surface area contributed by atoms with Gasteiger partial charge in [0, 0.05) is 19.1 Å². The molecule has 1 amide bonds. The first kappa shape index (κ1) is 23.4. The van der Waals surface area contributed by atoms with E-state index in [0.29, 0.717) is 19.0 Å². The van der Waals surface area contributed by atoms with Crippen LogP contribution in [0.3, 0.4) is 0 Å². The Balaban J connectivity index is 1.30. The quantitative estimate of drug-likeness (QED) is 0.599. The van der Waals surface area contributed by atoms with Gasteiger partial charge in [-0.3, -0.25) is 4.79 Å². The summed E-state index contributed by atoms with van der Waals surface area (Å²) in [6, 6.07) is 16.0. The molecule has 8 heteroatoms. The van der Waals surface area contributed by atoms with E-state index in [1.54, 1.807) is 11.8 Å². The van der Waals surface area contributed by atoms with Crippen molar-refractivity contribution in [2.45, 2.75) is 56.1 Å². The highest BCUT2D eigenvalue weighted by molar-refractivity contribution is 7.89. The Kier molecular flexibility index (Phi) is 7.14. The first-order valence-electron chi connectivity index (χ1n) is 11.5. The maximum atomic E-state index is 12.8. The van der Waals surface area contributed by atoms with Gasteiger partial charge in [-0.05, 0) is 68.7 Å². The van der Waals surface area contributed by atoms with Crippen molar-refractivity contribution in [2.24, 2.45) is 5.92 Å². The Hall–Kier alpha value is -2.71. The number of carbonyl (C=O) groups excluding carboxylic acids is 2. The lowest BCUT2D eigenvalue weighted by Crippen LogP contribution is -2.44.